The summed E-state index contributed by atoms with van der Waals surface area (Å²) in [6.45, 7) is 6.63. The number of aliphatic carboxylic acids is 1. The number of aryl methyl sites for hydroxylation is 1. The van der Waals surface area contributed by atoms with Crippen molar-refractivity contribution >= 4 is 5.97 Å². The highest BCUT2D eigenvalue weighted by Crippen LogP contribution is 2.08. The maximum absolute atomic E-state index is 11.2. The quantitative estimate of drug-likeness (QED) is 0.759. The van der Waals surface area contributed by atoms with Crippen molar-refractivity contribution in [2.45, 2.75) is 39.3 Å². The van der Waals surface area contributed by atoms with Gasteiger partial charge in [-0.25, -0.2) is 0 Å². The molecule has 0 aromatic carbocycles. The van der Waals surface area contributed by atoms with Gasteiger partial charge in [-0.15, -0.1) is 0 Å². The Bertz CT molecular complexity index is 362. The van der Waals surface area contributed by atoms with E-state index in [9.17, 15) is 9.90 Å². The predicted molar refractivity (Wildman–Crippen MR) is 61.3 cm³/mol. The number of aromatic nitrogens is 2. The van der Waals surface area contributed by atoms with Gasteiger partial charge in [-0.05, 0) is 32.4 Å². The Morgan fingerprint density at radius 2 is 2.38 bits per heavy atom. The Labute approximate surface area is 95.5 Å². The van der Waals surface area contributed by atoms with Crippen LogP contribution >= 0.6 is 0 Å². The highest BCUT2D eigenvalue weighted by molar-refractivity contribution is 5.78. The lowest BCUT2D eigenvalue weighted by Gasteiger charge is -2.26. The summed E-state index contributed by atoms with van der Waals surface area (Å²) < 4.78 is 1.66. The van der Waals surface area contributed by atoms with Crippen LogP contribution in [0.1, 0.15) is 25.8 Å². The molecule has 0 saturated carbocycles. The van der Waals surface area contributed by atoms with Gasteiger partial charge in [0.1, 0.15) is 5.54 Å². The van der Waals surface area contributed by atoms with Gasteiger partial charge < -0.3 is 10.4 Å². The third-order valence-electron chi connectivity index (χ3n) is 2.48. The number of carbonyl (C=O) groups is 1. The van der Waals surface area contributed by atoms with Gasteiger partial charge in [0.15, 0.2) is 0 Å². The zero-order valence-electron chi connectivity index (χ0n) is 10.0. The Hall–Kier alpha value is -1.36. The summed E-state index contributed by atoms with van der Waals surface area (Å²) in [6.07, 6.45) is 4.47. The molecule has 0 bridgehead atoms. The van der Waals surface area contributed by atoms with E-state index in [0.29, 0.717) is 13.1 Å². The first kappa shape index (κ1) is 12.7. The van der Waals surface area contributed by atoms with Crippen molar-refractivity contribution in [2.24, 2.45) is 0 Å². The molecule has 5 nitrogen and oxygen atoms in total. The number of carboxylic acids is 1. The third kappa shape index (κ3) is 3.06. The van der Waals surface area contributed by atoms with E-state index < -0.39 is 11.5 Å². The molecular formula is C11H19N3O2. The Morgan fingerprint density at radius 3 is 2.81 bits per heavy atom. The first-order chi connectivity index (χ1) is 7.48. The fraction of sp³-hybridized carbons (Fsp3) is 0.636. The van der Waals surface area contributed by atoms with E-state index in [1.807, 2.05) is 20.0 Å². The van der Waals surface area contributed by atoms with Crippen LogP contribution < -0.4 is 5.32 Å². The van der Waals surface area contributed by atoms with E-state index in [1.54, 1.807) is 17.8 Å². The molecule has 1 rings (SSSR count). The maximum Gasteiger partial charge on any atom is 0.325 e. The van der Waals surface area contributed by atoms with Gasteiger partial charge in [-0.2, -0.15) is 5.10 Å². The average Bonchev–Trinajstić information content (AvgIpc) is 2.60. The fourth-order valence-corrected chi connectivity index (χ4v) is 1.48. The molecular weight excluding hydrogens is 206 g/mol. The van der Waals surface area contributed by atoms with Crippen LogP contribution in [0.5, 0.6) is 0 Å². The predicted octanol–water partition coefficient (Wildman–Crippen LogP) is 1.03. The second-order valence-electron chi connectivity index (χ2n) is 4.28. The van der Waals surface area contributed by atoms with E-state index in [0.717, 1.165) is 12.0 Å². The van der Waals surface area contributed by atoms with E-state index in [2.05, 4.69) is 10.4 Å². The molecule has 1 atom stereocenters. The molecule has 0 amide bonds. The van der Waals surface area contributed by atoms with Crippen LogP contribution in [0.2, 0.25) is 0 Å². The molecule has 5 heteroatoms. The molecule has 2 N–H and O–H groups in total. The number of carboxylic acid groups (broad SMARTS) is 1. The zero-order chi connectivity index (χ0) is 12.2. The fourth-order valence-electron chi connectivity index (χ4n) is 1.48. The van der Waals surface area contributed by atoms with Gasteiger partial charge in [-0.1, -0.05) is 6.92 Å². The second kappa shape index (κ2) is 5.12. The SMILES string of the molecule is CCCNC(C)(Cn1cc(C)cn1)C(=O)O. The van der Waals surface area contributed by atoms with Crippen LogP contribution in [-0.2, 0) is 11.3 Å². The molecule has 0 saturated heterocycles. The normalized spacial score (nSPS) is 14.7. The van der Waals surface area contributed by atoms with Gasteiger partial charge in [0, 0.05) is 6.20 Å². The number of hydrogen-bond donors (Lipinski definition) is 2. The Balaban J connectivity index is 2.74. The minimum absolute atomic E-state index is 0.330. The molecule has 0 aliphatic rings. The van der Waals surface area contributed by atoms with Gasteiger partial charge in [0.25, 0.3) is 0 Å². The first-order valence-corrected chi connectivity index (χ1v) is 5.45. The van der Waals surface area contributed by atoms with Crippen molar-refractivity contribution in [3.63, 3.8) is 0 Å². The summed E-state index contributed by atoms with van der Waals surface area (Å²) in [6, 6.07) is 0. The average molecular weight is 225 g/mol. The van der Waals surface area contributed by atoms with Crippen molar-refractivity contribution in [3.8, 4) is 0 Å². The number of nitrogens with one attached hydrogen (secondary N) is 1. The van der Waals surface area contributed by atoms with E-state index in [-0.39, 0.29) is 0 Å². The third-order valence-corrected chi connectivity index (χ3v) is 2.48. The van der Waals surface area contributed by atoms with Gasteiger partial charge in [0.05, 0.1) is 12.7 Å². The van der Waals surface area contributed by atoms with Crippen LogP contribution in [0.25, 0.3) is 0 Å². The molecule has 16 heavy (non-hydrogen) atoms. The highest BCUT2D eigenvalue weighted by Gasteiger charge is 2.33. The molecule has 0 spiro atoms. The Kier molecular flexibility index (Phi) is 4.06. The molecule has 90 valence electrons. The summed E-state index contributed by atoms with van der Waals surface area (Å²) in [4.78, 5) is 11.2. The van der Waals surface area contributed by atoms with Gasteiger partial charge in [0.2, 0.25) is 0 Å². The standard InChI is InChI=1S/C11H19N3O2/c1-4-5-12-11(3,10(15)16)8-14-7-9(2)6-13-14/h6-7,12H,4-5,8H2,1-3H3,(H,15,16). The van der Waals surface area contributed by atoms with Gasteiger partial charge >= 0.3 is 5.97 Å². The van der Waals surface area contributed by atoms with Crippen molar-refractivity contribution in [2.75, 3.05) is 6.54 Å². The van der Waals surface area contributed by atoms with Crippen molar-refractivity contribution in [1.82, 2.24) is 15.1 Å². The van der Waals surface area contributed by atoms with Crippen LogP contribution in [0.3, 0.4) is 0 Å². The maximum atomic E-state index is 11.2. The second-order valence-corrected chi connectivity index (χ2v) is 4.28. The van der Waals surface area contributed by atoms with Crippen LogP contribution in [0.4, 0.5) is 0 Å². The molecule has 0 fully saturated rings. The molecule has 1 heterocycles. The monoisotopic (exact) mass is 225 g/mol. The number of nitrogens with zero attached hydrogens (tertiary/aromatic N) is 2. The van der Waals surface area contributed by atoms with Gasteiger partial charge in [-0.3, -0.25) is 9.48 Å². The van der Waals surface area contributed by atoms with E-state index in [4.69, 9.17) is 0 Å². The van der Waals surface area contributed by atoms with E-state index >= 15 is 0 Å². The molecule has 1 aromatic rings. The molecule has 1 unspecified atom stereocenters. The molecule has 0 radical (unpaired) electrons. The smallest absolute Gasteiger partial charge is 0.325 e. The summed E-state index contributed by atoms with van der Waals surface area (Å²) >= 11 is 0. The van der Waals surface area contributed by atoms with Crippen LogP contribution in [0.15, 0.2) is 12.4 Å². The minimum atomic E-state index is -0.964. The lowest BCUT2D eigenvalue weighted by Crippen LogP contribution is -2.52. The number of hydrogen-bond acceptors (Lipinski definition) is 3. The van der Waals surface area contributed by atoms with Crippen LogP contribution in [-0.4, -0.2) is 32.9 Å². The zero-order valence-corrected chi connectivity index (χ0v) is 10.0. The molecule has 1 aromatic heterocycles. The summed E-state index contributed by atoms with van der Waals surface area (Å²) in [5, 5.41) is 16.4. The van der Waals surface area contributed by atoms with Crippen molar-refractivity contribution < 1.29 is 9.90 Å². The Morgan fingerprint density at radius 1 is 1.69 bits per heavy atom. The summed E-state index contributed by atoms with van der Waals surface area (Å²) in [7, 11) is 0. The topological polar surface area (TPSA) is 67.2 Å². The van der Waals surface area contributed by atoms with E-state index in [1.165, 1.54) is 0 Å². The molecule has 0 aliphatic heterocycles. The number of rotatable bonds is 6. The first-order valence-electron chi connectivity index (χ1n) is 5.45. The lowest BCUT2D eigenvalue weighted by atomic mass is 10.0. The van der Waals surface area contributed by atoms with Crippen LogP contribution in [0, 0.1) is 6.92 Å². The summed E-state index contributed by atoms with van der Waals surface area (Å²) in [5.74, 6) is -0.853. The van der Waals surface area contributed by atoms with Crippen molar-refractivity contribution in [3.05, 3.63) is 18.0 Å². The molecule has 0 aliphatic carbocycles. The van der Waals surface area contributed by atoms with Crippen molar-refractivity contribution in [1.29, 1.82) is 0 Å². The highest BCUT2D eigenvalue weighted by atomic mass is 16.4. The minimum Gasteiger partial charge on any atom is -0.480 e. The lowest BCUT2D eigenvalue weighted by molar-refractivity contribution is -0.144. The summed E-state index contributed by atoms with van der Waals surface area (Å²) in [5.41, 5.74) is 0.0669. The largest absolute Gasteiger partial charge is 0.480 e.